The zero-order valence-corrected chi connectivity index (χ0v) is 21.5. The van der Waals surface area contributed by atoms with E-state index in [2.05, 4.69) is 34.8 Å². The molecule has 1 aromatic heterocycles. The highest BCUT2D eigenvalue weighted by molar-refractivity contribution is 9.10. The topological polar surface area (TPSA) is 79.7 Å². The van der Waals surface area contributed by atoms with Crippen molar-refractivity contribution in [1.29, 1.82) is 0 Å². The Labute approximate surface area is 213 Å². The number of aliphatic hydroxyl groups excluding tert-OH is 1. The number of hydrogen-bond acceptors (Lipinski definition) is 5. The van der Waals surface area contributed by atoms with E-state index in [0.29, 0.717) is 18.1 Å². The molecule has 0 aliphatic carbocycles. The van der Waals surface area contributed by atoms with E-state index in [1.54, 1.807) is 36.7 Å². The third kappa shape index (κ3) is 5.30. The van der Waals surface area contributed by atoms with E-state index in [0.717, 1.165) is 26.9 Å². The van der Waals surface area contributed by atoms with E-state index in [1.165, 1.54) is 4.90 Å². The lowest BCUT2D eigenvalue weighted by Crippen LogP contribution is -2.29. The quantitative estimate of drug-likeness (QED) is 0.235. The highest BCUT2D eigenvalue weighted by Gasteiger charge is 2.46. The number of ether oxygens (including phenoxy) is 1. The number of likely N-dealkylation sites (tertiary alicyclic amines) is 1. The van der Waals surface area contributed by atoms with Crippen LogP contribution in [0.15, 0.2) is 77.0 Å². The summed E-state index contributed by atoms with van der Waals surface area (Å²) in [5.41, 5.74) is 2.88. The molecule has 1 atom stereocenters. The monoisotopic (exact) mass is 534 g/mol. The summed E-state index contributed by atoms with van der Waals surface area (Å²) in [5.74, 6) is -0.474. The van der Waals surface area contributed by atoms with Gasteiger partial charge in [-0.05, 0) is 65.9 Å². The number of aryl methyl sites for hydroxylation is 1. The van der Waals surface area contributed by atoms with Crippen LogP contribution in [-0.2, 0) is 16.1 Å². The second-order valence-corrected chi connectivity index (χ2v) is 9.94. The van der Waals surface area contributed by atoms with E-state index in [9.17, 15) is 14.7 Å². The minimum Gasteiger partial charge on any atom is -0.507 e. The van der Waals surface area contributed by atoms with Gasteiger partial charge in [-0.3, -0.25) is 14.6 Å². The number of pyridine rings is 1. The largest absolute Gasteiger partial charge is 0.507 e. The summed E-state index contributed by atoms with van der Waals surface area (Å²) in [6, 6.07) is 15.6. The van der Waals surface area contributed by atoms with Gasteiger partial charge in [0.05, 0.1) is 18.2 Å². The summed E-state index contributed by atoms with van der Waals surface area (Å²) in [4.78, 5) is 32.0. The van der Waals surface area contributed by atoms with Crippen molar-refractivity contribution in [1.82, 2.24) is 9.88 Å². The standard InChI is InChI=1S/C28H27BrN2O4/c1-17(2)16-35-23-11-8-21(13-18(23)3)26(32)24-25(20-6-9-22(29)10-7-20)31(28(34)27(24)33)15-19-5-4-12-30-14-19/h4-14,17,25,32H,15-16H2,1-3H3/t25-/m1/s1. The summed E-state index contributed by atoms with van der Waals surface area (Å²) in [5, 5.41) is 11.3. The van der Waals surface area contributed by atoms with E-state index >= 15 is 0 Å². The normalized spacial score (nSPS) is 17.3. The predicted octanol–water partition coefficient (Wildman–Crippen LogP) is 5.81. The SMILES string of the molecule is Cc1cc(C(O)=C2C(=O)C(=O)N(Cc3cccnc3)[C@@H]2c2ccc(Br)cc2)ccc1OCC(C)C. The number of hydrogen-bond donors (Lipinski definition) is 1. The van der Waals surface area contributed by atoms with Crippen LogP contribution in [0.2, 0.25) is 0 Å². The molecule has 1 fully saturated rings. The van der Waals surface area contributed by atoms with Crippen LogP contribution < -0.4 is 4.74 Å². The lowest BCUT2D eigenvalue weighted by molar-refractivity contribution is -0.140. The maximum absolute atomic E-state index is 13.2. The van der Waals surface area contributed by atoms with Crippen molar-refractivity contribution in [3.63, 3.8) is 0 Å². The molecule has 0 saturated carbocycles. The molecule has 2 heterocycles. The maximum atomic E-state index is 13.2. The molecule has 2 aromatic carbocycles. The summed E-state index contributed by atoms with van der Waals surface area (Å²) in [6.07, 6.45) is 3.32. The summed E-state index contributed by atoms with van der Waals surface area (Å²) < 4.78 is 6.72. The predicted molar refractivity (Wildman–Crippen MR) is 138 cm³/mol. The van der Waals surface area contributed by atoms with E-state index < -0.39 is 17.7 Å². The fraction of sp³-hybridized carbons (Fsp3) is 0.250. The van der Waals surface area contributed by atoms with E-state index in [4.69, 9.17) is 4.74 Å². The van der Waals surface area contributed by atoms with E-state index in [1.807, 2.05) is 37.3 Å². The summed E-state index contributed by atoms with van der Waals surface area (Å²) >= 11 is 3.43. The second-order valence-electron chi connectivity index (χ2n) is 9.02. The number of aromatic nitrogens is 1. The Bertz CT molecular complexity index is 1270. The number of rotatable bonds is 7. The summed E-state index contributed by atoms with van der Waals surface area (Å²) in [7, 11) is 0. The molecule has 3 aromatic rings. The van der Waals surface area contributed by atoms with E-state index in [-0.39, 0.29) is 17.9 Å². The van der Waals surface area contributed by atoms with Crippen LogP contribution >= 0.6 is 15.9 Å². The molecule has 1 amide bonds. The lowest BCUT2D eigenvalue weighted by Gasteiger charge is -2.25. The molecule has 1 saturated heterocycles. The van der Waals surface area contributed by atoms with Gasteiger partial charge in [-0.2, -0.15) is 0 Å². The molecule has 6 nitrogen and oxygen atoms in total. The Morgan fingerprint density at radius 1 is 1.14 bits per heavy atom. The number of aliphatic hydroxyl groups is 1. The van der Waals surface area contributed by atoms with Gasteiger partial charge in [-0.15, -0.1) is 0 Å². The number of benzene rings is 2. The Morgan fingerprint density at radius 2 is 1.89 bits per heavy atom. The number of amides is 1. The lowest BCUT2D eigenvalue weighted by atomic mass is 9.94. The molecule has 1 aliphatic rings. The molecule has 7 heteroatoms. The van der Waals surface area contributed by atoms with Crippen LogP contribution in [0.4, 0.5) is 0 Å². The first-order valence-corrected chi connectivity index (χ1v) is 12.2. The zero-order chi connectivity index (χ0) is 25.1. The van der Waals surface area contributed by atoms with Gasteiger partial charge in [0, 0.05) is 29.0 Å². The van der Waals surface area contributed by atoms with Crippen LogP contribution in [0.3, 0.4) is 0 Å². The van der Waals surface area contributed by atoms with Gasteiger partial charge in [0.15, 0.2) is 0 Å². The van der Waals surface area contributed by atoms with Crippen LogP contribution in [0.1, 0.15) is 42.1 Å². The molecule has 4 rings (SSSR count). The highest BCUT2D eigenvalue weighted by atomic mass is 79.9. The third-order valence-electron chi connectivity index (χ3n) is 5.82. The van der Waals surface area contributed by atoms with Gasteiger partial charge in [-0.25, -0.2) is 0 Å². The number of carbonyl (C=O) groups excluding carboxylic acids is 2. The average Bonchev–Trinajstić information content (AvgIpc) is 3.09. The van der Waals surface area contributed by atoms with Gasteiger partial charge in [0.25, 0.3) is 11.7 Å². The molecule has 180 valence electrons. The van der Waals surface area contributed by atoms with Crippen LogP contribution in [0, 0.1) is 12.8 Å². The van der Waals surface area contributed by atoms with Crippen molar-refractivity contribution >= 4 is 33.4 Å². The maximum Gasteiger partial charge on any atom is 0.295 e. The van der Waals surface area contributed by atoms with Crippen molar-refractivity contribution in [3.05, 3.63) is 99.3 Å². The zero-order valence-electron chi connectivity index (χ0n) is 19.9. The minimum atomic E-state index is -0.736. The van der Waals surface area contributed by atoms with Gasteiger partial charge < -0.3 is 14.7 Å². The van der Waals surface area contributed by atoms with Crippen LogP contribution in [0.5, 0.6) is 5.75 Å². The number of nitrogens with zero attached hydrogens (tertiary/aromatic N) is 2. The molecule has 0 unspecified atom stereocenters. The van der Waals surface area contributed by atoms with Gasteiger partial charge in [0.1, 0.15) is 11.5 Å². The molecule has 1 aliphatic heterocycles. The Hall–Kier alpha value is -3.45. The molecule has 0 spiro atoms. The number of Topliss-reactive ketones (excluding diaryl/α,β-unsaturated/α-hetero) is 1. The van der Waals surface area contributed by atoms with Gasteiger partial charge >= 0.3 is 0 Å². The van der Waals surface area contributed by atoms with Crippen molar-refractivity contribution in [2.45, 2.75) is 33.4 Å². The minimum absolute atomic E-state index is 0.0662. The highest BCUT2D eigenvalue weighted by Crippen LogP contribution is 2.41. The smallest absolute Gasteiger partial charge is 0.295 e. The van der Waals surface area contributed by atoms with Gasteiger partial charge in [0.2, 0.25) is 0 Å². The Balaban J connectivity index is 1.78. The fourth-order valence-electron chi connectivity index (χ4n) is 4.09. The first kappa shape index (κ1) is 24.7. The molecule has 35 heavy (non-hydrogen) atoms. The molecular formula is C28H27BrN2O4. The number of ketones is 1. The summed E-state index contributed by atoms with van der Waals surface area (Å²) in [6.45, 7) is 6.80. The van der Waals surface area contributed by atoms with Crippen molar-refractivity contribution in [2.75, 3.05) is 6.61 Å². The molecule has 0 bridgehead atoms. The van der Waals surface area contributed by atoms with Crippen LogP contribution in [0.25, 0.3) is 5.76 Å². The average molecular weight is 535 g/mol. The first-order valence-electron chi connectivity index (χ1n) is 11.4. The molecule has 0 radical (unpaired) electrons. The molecular weight excluding hydrogens is 508 g/mol. The molecule has 1 N–H and O–H groups in total. The Morgan fingerprint density at radius 3 is 2.51 bits per heavy atom. The number of halogens is 1. The van der Waals surface area contributed by atoms with Crippen molar-refractivity contribution in [2.24, 2.45) is 5.92 Å². The second kappa shape index (κ2) is 10.4. The van der Waals surface area contributed by atoms with Gasteiger partial charge in [-0.1, -0.05) is 48.0 Å². The fourth-order valence-corrected chi connectivity index (χ4v) is 4.36. The van der Waals surface area contributed by atoms with Crippen molar-refractivity contribution < 1.29 is 19.4 Å². The third-order valence-corrected chi connectivity index (χ3v) is 6.35. The van der Waals surface area contributed by atoms with Crippen LogP contribution in [-0.4, -0.2) is 33.3 Å². The Kier molecular flexibility index (Phi) is 7.36. The first-order chi connectivity index (χ1) is 16.8. The number of carbonyl (C=O) groups is 2. The van der Waals surface area contributed by atoms with Crippen molar-refractivity contribution in [3.8, 4) is 5.75 Å².